The van der Waals surface area contributed by atoms with E-state index in [-0.39, 0.29) is 5.91 Å². The Kier molecular flexibility index (Phi) is 7.24. The molecule has 3 aromatic carbocycles. The van der Waals surface area contributed by atoms with Gasteiger partial charge in [0.25, 0.3) is 0 Å². The number of thioether (sulfide) groups is 1. The van der Waals surface area contributed by atoms with Gasteiger partial charge in [-0.15, -0.1) is 10.2 Å². The number of halogens is 1. The number of aryl methyl sites for hydroxylation is 2. The fraction of sp³-hybridized carbons (Fsp3) is 0.192. The van der Waals surface area contributed by atoms with Crippen LogP contribution in [0.4, 0.5) is 5.69 Å². The summed E-state index contributed by atoms with van der Waals surface area (Å²) in [5.41, 5.74) is 4.46. The summed E-state index contributed by atoms with van der Waals surface area (Å²) in [6.45, 7) is 5.82. The number of carbonyl (C=O) groups excluding carboxylic acids is 1. The predicted molar refractivity (Wildman–Crippen MR) is 138 cm³/mol. The molecule has 4 aromatic rings. The molecule has 174 valence electrons. The number of nitrogens with zero attached hydrogens (tertiary/aromatic N) is 3. The Morgan fingerprint density at radius 2 is 1.74 bits per heavy atom. The first-order valence-corrected chi connectivity index (χ1v) is 12.0. The van der Waals surface area contributed by atoms with Crippen LogP contribution in [0.3, 0.4) is 0 Å². The predicted octanol–water partition coefficient (Wildman–Crippen LogP) is 6.33. The molecule has 0 saturated carbocycles. The lowest BCUT2D eigenvalue weighted by molar-refractivity contribution is -0.115. The molecule has 1 N–H and O–H groups in total. The number of amides is 1. The number of anilines is 1. The molecular weight excluding hydrogens is 468 g/mol. The number of aromatic nitrogens is 3. The number of carbonyl (C=O) groups is 1. The van der Waals surface area contributed by atoms with Crippen molar-refractivity contribution in [3.05, 3.63) is 82.9 Å². The SMILES string of the molecule is COc1ccccc1-c1nnc(SC(C)C(=O)Nc2c(C)cccc2C)n1-c1cccc(Cl)c1. The highest BCUT2D eigenvalue weighted by Gasteiger charge is 2.24. The van der Waals surface area contributed by atoms with Gasteiger partial charge in [0, 0.05) is 10.7 Å². The molecule has 0 fully saturated rings. The fourth-order valence-corrected chi connectivity index (χ4v) is 4.70. The molecule has 34 heavy (non-hydrogen) atoms. The van der Waals surface area contributed by atoms with Gasteiger partial charge in [-0.05, 0) is 62.2 Å². The van der Waals surface area contributed by atoms with Crippen LogP contribution in [0.5, 0.6) is 5.75 Å². The van der Waals surface area contributed by atoms with Crippen molar-refractivity contribution in [1.82, 2.24) is 14.8 Å². The molecule has 0 aliphatic rings. The van der Waals surface area contributed by atoms with Gasteiger partial charge >= 0.3 is 0 Å². The van der Waals surface area contributed by atoms with E-state index in [0.29, 0.717) is 21.8 Å². The van der Waals surface area contributed by atoms with Crippen LogP contribution in [-0.4, -0.2) is 33.0 Å². The quantitative estimate of drug-likeness (QED) is 0.305. The van der Waals surface area contributed by atoms with Crippen LogP contribution in [0.25, 0.3) is 17.1 Å². The van der Waals surface area contributed by atoms with Gasteiger partial charge < -0.3 is 10.1 Å². The van der Waals surface area contributed by atoms with Crippen LogP contribution in [0.2, 0.25) is 5.02 Å². The van der Waals surface area contributed by atoms with Crippen LogP contribution >= 0.6 is 23.4 Å². The van der Waals surface area contributed by atoms with Gasteiger partial charge in [-0.25, -0.2) is 0 Å². The number of rotatable bonds is 7. The minimum atomic E-state index is -0.424. The molecule has 1 atom stereocenters. The molecule has 0 bridgehead atoms. The van der Waals surface area contributed by atoms with E-state index in [1.807, 2.05) is 92.1 Å². The van der Waals surface area contributed by atoms with Gasteiger partial charge in [0.05, 0.1) is 23.6 Å². The van der Waals surface area contributed by atoms with E-state index in [4.69, 9.17) is 16.3 Å². The highest BCUT2D eigenvalue weighted by Crippen LogP contribution is 2.35. The smallest absolute Gasteiger partial charge is 0.237 e. The average molecular weight is 493 g/mol. The molecule has 0 radical (unpaired) electrons. The van der Waals surface area contributed by atoms with Crippen LogP contribution in [0.15, 0.2) is 71.9 Å². The first-order chi connectivity index (χ1) is 16.4. The number of para-hydroxylation sites is 2. The Balaban J connectivity index is 1.71. The number of hydrogen-bond acceptors (Lipinski definition) is 5. The van der Waals surface area contributed by atoms with E-state index in [0.717, 1.165) is 28.1 Å². The topological polar surface area (TPSA) is 69.0 Å². The zero-order valence-corrected chi connectivity index (χ0v) is 20.9. The Morgan fingerprint density at radius 1 is 1.03 bits per heavy atom. The molecule has 0 aliphatic carbocycles. The summed E-state index contributed by atoms with van der Waals surface area (Å²) in [5.74, 6) is 1.17. The summed E-state index contributed by atoms with van der Waals surface area (Å²) in [6, 6.07) is 21.0. The third-order valence-corrected chi connectivity index (χ3v) is 6.71. The molecule has 1 aromatic heterocycles. The number of nitrogens with one attached hydrogen (secondary N) is 1. The van der Waals surface area contributed by atoms with E-state index in [2.05, 4.69) is 15.5 Å². The van der Waals surface area contributed by atoms with Crippen LogP contribution in [-0.2, 0) is 4.79 Å². The second kappa shape index (κ2) is 10.3. The number of ether oxygens (including phenoxy) is 1. The molecular formula is C26H25ClN4O2S. The van der Waals surface area contributed by atoms with Gasteiger partial charge in [0.15, 0.2) is 11.0 Å². The molecule has 6 nitrogen and oxygen atoms in total. The molecule has 8 heteroatoms. The Morgan fingerprint density at radius 3 is 2.44 bits per heavy atom. The lowest BCUT2D eigenvalue weighted by atomic mass is 10.1. The summed E-state index contributed by atoms with van der Waals surface area (Å²) in [4.78, 5) is 13.1. The lowest BCUT2D eigenvalue weighted by Crippen LogP contribution is -2.23. The fourth-order valence-electron chi connectivity index (χ4n) is 3.65. The van der Waals surface area contributed by atoms with Gasteiger partial charge in [-0.2, -0.15) is 0 Å². The molecule has 0 aliphatic heterocycles. The van der Waals surface area contributed by atoms with Crippen molar-refractivity contribution in [1.29, 1.82) is 0 Å². The van der Waals surface area contributed by atoms with Crippen LogP contribution in [0, 0.1) is 13.8 Å². The van der Waals surface area contributed by atoms with Crippen molar-refractivity contribution >= 4 is 35.0 Å². The molecule has 0 spiro atoms. The maximum absolute atomic E-state index is 13.1. The van der Waals surface area contributed by atoms with E-state index < -0.39 is 5.25 Å². The Labute approximate surface area is 208 Å². The summed E-state index contributed by atoms with van der Waals surface area (Å²) >= 11 is 7.63. The molecule has 1 unspecified atom stereocenters. The minimum absolute atomic E-state index is 0.109. The van der Waals surface area contributed by atoms with Crippen molar-refractivity contribution in [3.8, 4) is 22.8 Å². The third kappa shape index (κ3) is 4.95. The summed E-state index contributed by atoms with van der Waals surface area (Å²) in [6.07, 6.45) is 0. The van der Waals surface area contributed by atoms with Crippen molar-refractivity contribution in [3.63, 3.8) is 0 Å². The first-order valence-electron chi connectivity index (χ1n) is 10.8. The monoisotopic (exact) mass is 492 g/mol. The summed E-state index contributed by atoms with van der Waals surface area (Å²) in [5, 5.41) is 12.7. The van der Waals surface area contributed by atoms with E-state index in [1.54, 1.807) is 7.11 Å². The van der Waals surface area contributed by atoms with Gasteiger partial charge in [0.1, 0.15) is 5.75 Å². The van der Waals surface area contributed by atoms with Crippen molar-refractivity contribution in [2.24, 2.45) is 0 Å². The van der Waals surface area contributed by atoms with E-state index in [9.17, 15) is 4.79 Å². The standard InChI is InChI=1S/C26H25ClN4O2S/c1-16-9-7-10-17(2)23(16)28-25(32)18(3)34-26-30-29-24(21-13-5-6-14-22(21)33-4)31(26)20-12-8-11-19(27)15-20/h5-15,18H,1-4H3,(H,28,32). The maximum atomic E-state index is 13.1. The normalized spacial score (nSPS) is 11.8. The molecule has 1 heterocycles. The molecule has 0 saturated heterocycles. The zero-order valence-electron chi connectivity index (χ0n) is 19.4. The largest absolute Gasteiger partial charge is 0.496 e. The van der Waals surface area contributed by atoms with Gasteiger partial charge in [-0.1, -0.05) is 59.8 Å². The summed E-state index contributed by atoms with van der Waals surface area (Å²) < 4.78 is 7.45. The molecule has 1 amide bonds. The Bertz CT molecular complexity index is 1320. The lowest BCUT2D eigenvalue weighted by Gasteiger charge is -2.16. The Hall–Kier alpha value is -3.29. The maximum Gasteiger partial charge on any atom is 0.237 e. The van der Waals surface area contributed by atoms with Crippen molar-refractivity contribution in [2.45, 2.75) is 31.2 Å². The first kappa shape index (κ1) is 23.9. The number of hydrogen-bond donors (Lipinski definition) is 1. The van der Waals surface area contributed by atoms with E-state index >= 15 is 0 Å². The highest BCUT2D eigenvalue weighted by molar-refractivity contribution is 8.00. The van der Waals surface area contributed by atoms with Crippen LogP contribution in [0.1, 0.15) is 18.1 Å². The third-order valence-electron chi connectivity index (χ3n) is 5.43. The zero-order chi connectivity index (χ0) is 24.2. The van der Waals surface area contributed by atoms with E-state index in [1.165, 1.54) is 11.8 Å². The van der Waals surface area contributed by atoms with Crippen LogP contribution < -0.4 is 10.1 Å². The molecule has 4 rings (SSSR count). The second-order valence-corrected chi connectivity index (χ2v) is 9.58. The summed E-state index contributed by atoms with van der Waals surface area (Å²) in [7, 11) is 1.62. The van der Waals surface area contributed by atoms with Crippen molar-refractivity contribution in [2.75, 3.05) is 12.4 Å². The minimum Gasteiger partial charge on any atom is -0.496 e. The number of benzene rings is 3. The van der Waals surface area contributed by atoms with Gasteiger partial charge in [0.2, 0.25) is 5.91 Å². The second-order valence-electron chi connectivity index (χ2n) is 7.84. The highest BCUT2D eigenvalue weighted by atomic mass is 35.5. The van der Waals surface area contributed by atoms with Crippen molar-refractivity contribution < 1.29 is 9.53 Å². The number of methoxy groups -OCH3 is 1. The average Bonchev–Trinajstić information content (AvgIpc) is 3.24. The van der Waals surface area contributed by atoms with Gasteiger partial charge in [-0.3, -0.25) is 9.36 Å².